The number of aromatic nitrogens is 2. The molecule has 27 heavy (non-hydrogen) atoms. The molecule has 0 aliphatic carbocycles. The van der Waals surface area contributed by atoms with Crippen molar-refractivity contribution in [3.05, 3.63) is 76.6 Å². The molecular weight excluding hydrogens is 370 g/mol. The van der Waals surface area contributed by atoms with Crippen molar-refractivity contribution < 1.29 is 13.3 Å². The Kier molecular flexibility index (Phi) is 4.93. The number of benzene rings is 2. The number of nitro benzene ring substituents is 1. The topological polar surface area (TPSA) is 133 Å². The number of anilines is 1. The van der Waals surface area contributed by atoms with Crippen LogP contribution in [0.5, 0.6) is 0 Å². The molecule has 0 saturated carbocycles. The number of rotatable bonds is 6. The predicted molar refractivity (Wildman–Crippen MR) is 100 cm³/mol. The van der Waals surface area contributed by atoms with Crippen LogP contribution >= 0.6 is 0 Å². The van der Waals surface area contributed by atoms with Gasteiger partial charge in [-0.1, -0.05) is 12.1 Å². The molecule has 0 spiro atoms. The zero-order chi connectivity index (χ0) is 19.6. The van der Waals surface area contributed by atoms with E-state index in [9.17, 15) is 18.5 Å². The minimum atomic E-state index is -4.02. The van der Waals surface area contributed by atoms with E-state index in [2.05, 4.69) is 10.4 Å². The van der Waals surface area contributed by atoms with Gasteiger partial charge in [0.05, 0.1) is 15.5 Å². The van der Waals surface area contributed by atoms with Crippen molar-refractivity contribution in [2.45, 2.75) is 17.9 Å². The first kappa shape index (κ1) is 18.5. The second kappa shape index (κ2) is 7.17. The summed E-state index contributed by atoms with van der Waals surface area (Å²) in [5, 5.41) is 23.6. The highest BCUT2D eigenvalue weighted by molar-refractivity contribution is 7.89. The third-order valence-corrected chi connectivity index (χ3v) is 4.94. The van der Waals surface area contributed by atoms with E-state index in [1.54, 1.807) is 10.9 Å². The van der Waals surface area contributed by atoms with E-state index in [0.717, 1.165) is 17.3 Å². The summed E-state index contributed by atoms with van der Waals surface area (Å²) >= 11 is 0. The molecule has 140 valence electrons. The normalized spacial score (nSPS) is 12.5. The molecule has 3 N–H and O–H groups in total. The molecular formula is C17H17N5O4S. The summed E-state index contributed by atoms with van der Waals surface area (Å²) in [5.74, 6) is 0. The Hall–Kier alpha value is -3.24. The summed E-state index contributed by atoms with van der Waals surface area (Å²) in [5.41, 5.74) is 1.63. The fraction of sp³-hybridized carbons (Fsp3) is 0.118. The summed E-state index contributed by atoms with van der Waals surface area (Å²) in [4.78, 5) is 10.4. The first-order valence-corrected chi connectivity index (χ1v) is 9.48. The van der Waals surface area contributed by atoms with Gasteiger partial charge in [-0.2, -0.15) is 5.10 Å². The molecule has 10 heteroatoms. The Balaban J connectivity index is 1.85. The van der Waals surface area contributed by atoms with Crippen molar-refractivity contribution in [1.82, 2.24) is 9.78 Å². The number of primary sulfonamides is 1. The maximum Gasteiger partial charge on any atom is 0.293 e. The van der Waals surface area contributed by atoms with E-state index < -0.39 is 14.9 Å². The molecule has 2 aromatic carbocycles. The highest BCUT2D eigenvalue weighted by Crippen LogP contribution is 2.30. The maximum atomic E-state index is 11.4. The lowest BCUT2D eigenvalue weighted by atomic mass is 10.1. The SMILES string of the molecule is CC(Nc1ccc(S(N)(=O)=O)cc1[N+](=O)[O-])c1ccc(-n2cccn2)cc1. The second-order valence-electron chi connectivity index (χ2n) is 5.89. The third kappa shape index (κ3) is 4.13. The van der Waals surface area contributed by atoms with Gasteiger partial charge in [-0.15, -0.1) is 0 Å². The lowest BCUT2D eigenvalue weighted by Gasteiger charge is -2.16. The van der Waals surface area contributed by atoms with E-state index >= 15 is 0 Å². The van der Waals surface area contributed by atoms with Crippen molar-refractivity contribution in [2.24, 2.45) is 5.14 Å². The van der Waals surface area contributed by atoms with Gasteiger partial charge in [0.2, 0.25) is 10.0 Å². The van der Waals surface area contributed by atoms with Crippen molar-refractivity contribution >= 4 is 21.4 Å². The van der Waals surface area contributed by atoms with Crippen LogP contribution in [0.15, 0.2) is 65.8 Å². The fourth-order valence-corrected chi connectivity index (χ4v) is 3.15. The monoisotopic (exact) mass is 387 g/mol. The van der Waals surface area contributed by atoms with E-state index in [1.807, 2.05) is 43.5 Å². The van der Waals surface area contributed by atoms with Crippen LogP contribution in [-0.4, -0.2) is 23.1 Å². The van der Waals surface area contributed by atoms with Crippen molar-refractivity contribution in [3.63, 3.8) is 0 Å². The second-order valence-corrected chi connectivity index (χ2v) is 7.45. The smallest absolute Gasteiger partial charge is 0.293 e. The van der Waals surface area contributed by atoms with Crippen LogP contribution < -0.4 is 10.5 Å². The summed E-state index contributed by atoms with van der Waals surface area (Å²) in [6.45, 7) is 1.85. The summed E-state index contributed by atoms with van der Waals surface area (Å²) in [6.07, 6.45) is 3.51. The molecule has 1 heterocycles. The first-order valence-electron chi connectivity index (χ1n) is 7.93. The van der Waals surface area contributed by atoms with Gasteiger partial charge in [-0.3, -0.25) is 10.1 Å². The van der Waals surface area contributed by atoms with Crippen molar-refractivity contribution in [2.75, 3.05) is 5.32 Å². The number of sulfonamides is 1. The van der Waals surface area contributed by atoms with Crippen LogP contribution in [0.3, 0.4) is 0 Å². The van der Waals surface area contributed by atoms with Crippen LogP contribution in [0.1, 0.15) is 18.5 Å². The predicted octanol–water partition coefficient (Wildman–Crippen LogP) is 2.60. The number of hydrogen-bond acceptors (Lipinski definition) is 6. The van der Waals surface area contributed by atoms with Crippen molar-refractivity contribution in [1.29, 1.82) is 0 Å². The van der Waals surface area contributed by atoms with Crippen LogP contribution in [0.4, 0.5) is 11.4 Å². The van der Waals surface area contributed by atoms with Crippen LogP contribution in [0, 0.1) is 10.1 Å². The van der Waals surface area contributed by atoms with Crippen LogP contribution in [0.25, 0.3) is 5.69 Å². The van der Waals surface area contributed by atoms with Crippen LogP contribution in [0.2, 0.25) is 0 Å². The van der Waals surface area contributed by atoms with Gasteiger partial charge in [0.15, 0.2) is 0 Å². The van der Waals surface area contributed by atoms with Gasteiger partial charge in [-0.05, 0) is 42.8 Å². The molecule has 1 aromatic heterocycles. The molecule has 0 radical (unpaired) electrons. The number of nitrogens with two attached hydrogens (primary N) is 1. The highest BCUT2D eigenvalue weighted by atomic mass is 32.2. The Morgan fingerprint density at radius 3 is 2.48 bits per heavy atom. The minimum Gasteiger partial charge on any atom is -0.373 e. The fourth-order valence-electron chi connectivity index (χ4n) is 2.62. The number of nitro groups is 1. The number of nitrogens with one attached hydrogen (secondary N) is 1. The lowest BCUT2D eigenvalue weighted by molar-refractivity contribution is -0.384. The molecule has 9 nitrogen and oxygen atoms in total. The summed E-state index contributed by atoms with van der Waals surface area (Å²) in [7, 11) is -4.02. The van der Waals surface area contributed by atoms with E-state index in [4.69, 9.17) is 5.14 Å². The van der Waals surface area contributed by atoms with Gasteiger partial charge in [0.25, 0.3) is 5.69 Å². The largest absolute Gasteiger partial charge is 0.373 e. The Labute approximate surface area is 155 Å². The van der Waals surface area contributed by atoms with Gasteiger partial charge < -0.3 is 5.32 Å². The molecule has 0 fully saturated rings. The maximum absolute atomic E-state index is 11.4. The number of nitrogens with zero attached hydrogens (tertiary/aromatic N) is 3. The van der Waals surface area contributed by atoms with Gasteiger partial charge in [-0.25, -0.2) is 18.2 Å². The summed E-state index contributed by atoms with van der Waals surface area (Å²) in [6, 6.07) is 12.6. The number of hydrogen-bond donors (Lipinski definition) is 2. The third-order valence-electron chi connectivity index (χ3n) is 4.03. The molecule has 0 aliphatic heterocycles. The molecule has 3 aromatic rings. The lowest BCUT2D eigenvalue weighted by Crippen LogP contribution is -2.13. The highest BCUT2D eigenvalue weighted by Gasteiger charge is 2.20. The zero-order valence-corrected chi connectivity index (χ0v) is 15.1. The molecule has 3 rings (SSSR count). The first-order chi connectivity index (χ1) is 12.8. The van der Waals surface area contributed by atoms with Gasteiger partial charge >= 0.3 is 0 Å². The van der Waals surface area contributed by atoms with E-state index in [1.165, 1.54) is 12.1 Å². The quantitative estimate of drug-likeness (QED) is 0.493. The summed E-state index contributed by atoms with van der Waals surface area (Å²) < 4.78 is 24.6. The molecule has 0 amide bonds. The molecule has 0 bridgehead atoms. The molecule has 0 aliphatic rings. The molecule has 0 saturated heterocycles. The standard InChI is InChI=1S/C17H17N5O4S/c1-12(13-3-5-14(6-4-13)21-10-2-9-19-21)20-16-8-7-15(27(18,25)26)11-17(16)22(23)24/h2-12,20H,1H3,(H2,18,25,26). The molecule has 1 unspecified atom stereocenters. The molecule has 1 atom stereocenters. The van der Waals surface area contributed by atoms with Gasteiger partial charge in [0.1, 0.15) is 5.69 Å². The Morgan fingerprint density at radius 1 is 1.22 bits per heavy atom. The Morgan fingerprint density at radius 2 is 1.93 bits per heavy atom. The van der Waals surface area contributed by atoms with E-state index in [0.29, 0.717) is 0 Å². The minimum absolute atomic E-state index is 0.205. The van der Waals surface area contributed by atoms with Gasteiger partial charge in [0, 0.05) is 24.5 Å². The average molecular weight is 387 g/mol. The van der Waals surface area contributed by atoms with Crippen molar-refractivity contribution in [3.8, 4) is 5.69 Å². The zero-order valence-electron chi connectivity index (χ0n) is 14.3. The van der Waals surface area contributed by atoms with Crippen LogP contribution in [-0.2, 0) is 10.0 Å². The average Bonchev–Trinajstić information content (AvgIpc) is 3.15. The van der Waals surface area contributed by atoms with E-state index in [-0.39, 0.29) is 22.3 Å². The Bertz CT molecular complexity index is 1060.